The second kappa shape index (κ2) is 7.20. The molecule has 3 aromatic rings. The van der Waals surface area contributed by atoms with Crippen LogP contribution in [0.15, 0.2) is 47.5 Å². The topological polar surface area (TPSA) is 125 Å². The number of nitrogens with one attached hydrogen (secondary N) is 1. The van der Waals surface area contributed by atoms with Crippen molar-refractivity contribution >= 4 is 5.69 Å². The van der Waals surface area contributed by atoms with Gasteiger partial charge in [-0.15, -0.1) is 0 Å². The number of aromatic nitrogens is 3. The summed E-state index contributed by atoms with van der Waals surface area (Å²) in [5.74, 6) is 0.152. The molecule has 9 nitrogen and oxygen atoms in total. The van der Waals surface area contributed by atoms with Crippen molar-refractivity contribution in [1.82, 2.24) is 19.9 Å². The van der Waals surface area contributed by atoms with E-state index < -0.39 is 4.92 Å². The lowest BCUT2D eigenvalue weighted by atomic mass is 10.0. The highest BCUT2D eigenvalue weighted by Crippen LogP contribution is 2.31. The minimum atomic E-state index is -0.612. The zero-order valence-corrected chi connectivity index (χ0v) is 14.8. The summed E-state index contributed by atoms with van der Waals surface area (Å²) < 4.78 is 0. The summed E-state index contributed by atoms with van der Waals surface area (Å²) >= 11 is 0. The molecule has 9 heteroatoms. The first-order valence-electron chi connectivity index (χ1n) is 8.73. The van der Waals surface area contributed by atoms with E-state index in [-0.39, 0.29) is 17.0 Å². The van der Waals surface area contributed by atoms with Crippen molar-refractivity contribution in [3.05, 3.63) is 80.0 Å². The number of hydrogen-bond donors (Lipinski definition) is 2. The predicted octanol–water partition coefficient (Wildman–Crippen LogP) is 2.00. The van der Waals surface area contributed by atoms with Gasteiger partial charge in [-0.25, -0.2) is 4.98 Å². The lowest BCUT2D eigenvalue weighted by Crippen LogP contribution is -2.35. The quantitative estimate of drug-likeness (QED) is 0.524. The summed E-state index contributed by atoms with van der Waals surface area (Å²) in [6.07, 6.45) is 3.87. The molecule has 0 saturated heterocycles. The van der Waals surface area contributed by atoms with Crippen LogP contribution in [0.3, 0.4) is 0 Å². The second-order valence-corrected chi connectivity index (χ2v) is 6.58. The van der Waals surface area contributed by atoms with Crippen molar-refractivity contribution in [1.29, 1.82) is 0 Å². The minimum absolute atomic E-state index is 0.211. The lowest BCUT2D eigenvalue weighted by Gasteiger charge is -2.27. The monoisotopic (exact) mass is 379 g/mol. The van der Waals surface area contributed by atoms with E-state index in [0.29, 0.717) is 43.0 Å². The van der Waals surface area contributed by atoms with Crippen LogP contribution in [-0.2, 0) is 19.5 Å². The third kappa shape index (κ3) is 3.35. The smallest absolute Gasteiger partial charge is 0.311 e. The first-order valence-corrected chi connectivity index (χ1v) is 8.73. The Morgan fingerprint density at radius 3 is 2.89 bits per heavy atom. The number of aromatic hydroxyl groups is 1. The number of nitro groups is 1. The molecule has 0 radical (unpaired) electrons. The number of fused-ring (bicyclic) bond motifs is 1. The molecular formula is C19H17N5O4. The van der Waals surface area contributed by atoms with Crippen molar-refractivity contribution < 1.29 is 10.0 Å². The first-order chi connectivity index (χ1) is 13.5. The number of aromatic amines is 1. The van der Waals surface area contributed by atoms with E-state index in [1.807, 2.05) is 11.0 Å². The Balaban J connectivity index is 1.59. The van der Waals surface area contributed by atoms with Crippen molar-refractivity contribution in [2.24, 2.45) is 0 Å². The molecule has 3 heterocycles. The molecular weight excluding hydrogens is 362 g/mol. The van der Waals surface area contributed by atoms with Crippen LogP contribution in [0.5, 0.6) is 5.75 Å². The maximum Gasteiger partial charge on any atom is 0.311 e. The molecule has 1 aliphatic heterocycles. The van der Waals surface area contributed by atoms with Crippen LogP contribution < -0.4 is 5.56 Å². The minimum Gasteiger partial charge on any atom is -0.502 e. The largest absolute Gasteiger partial charge is 0.502 e. The number of rotatable bonds is 4. The summed E-state index contributed by atoms with van der Waals surface area (Å²) in [5, 5.41) is 21.1. The summed E-state index contributed by atoms with van der Waals surface area (Å²) in [4.78, 5) is 36.4. The molecule has 28 heavy (non-hydrogen) atoms. The highest BCUT2D eigenvalue weighted by molar-refractivity contribution is 5.53. The number of hydrogen-bond acceptors (Lipinski definition) is 7. The molecule has 2 aromatic heterocycles. The third-order valence-corrected chi connectivity index (χ3v) is 4.77. The van der Waals surface area contributed by atoms with Gasteiger partial charge < -0.3 is 10.1 Å². The van der Waals surface area contributed by atoms with Gasteiger partial charge in [-0.2, -0.15) is 0 Å². The van der Waals surface area contributed by atoms with Gasteiger partial charge in [0.15, 0.2) is 5.75 Å². The molecule has 1 aromatic carbocycles. The van der Waals surface area contributed by atoms with Gasteiger partial charge >= 0.3 is 5.69 Å². The van der Waals surface area contributed by atoms with Crippen molar-refractivity contribution in [2.45, 2.75) is 19.5 Å². The number of pyridine rings is 1. The molecule has 142 valence electrons. The number of nitro benzene ring substituents is 1. The summed E-state index contributed by atoms with van der Waals surface area (Å²) in [6.45, 7) is 1.28. The highest BCUT2D eigenvalue weighted by atomic mass is 16.6. The number of phenolic OH excluding ortho intramolecular Hbond substituents is 1. The Bertz CT molecular complexity index is 1100. The average Bonchev–Trinajstić information content (AvgIpc) is 2.70. The van der Waals surface area contributed by atoms with Gasteiger partial charge in [0, 0.05) is 55.6 Å². The fourth-order valence-electron chi connectivity index (χ4n) is 3.35. The zero-order valence-electron chi connectivity index (χ0n) is 14.8. The van der Waals surface area contributed by atoms with Gasteiger partial charge in [-0.05, 0) is 12.1 Å². The van der Waals surface area contributed by atoms with Crippen LogP contribution >= 0.6 is 0 Å². The first kappa shape index (κ1) is 17.8. The van der Waals surface area contributed by atoms with Gasteiger partial charge in [-0.3, -0.25) is 24.8 Å². The van der Waals surface area contributed by atoms with Crippen LogP contribution in [0, 0.1) is 10.1 Å². The van der Waals surface area contributed by atoms with E-state index in [4.69, 9.17) is 0 Å². The fraction of sp³-hybridized carbons (Fsp3) is 0.211. The Morgan fingerprint density at radius 1 is 1.29 bits per heavy atom. The molecule has 0 unspecified atom stereocenters. The van der Waals surface area contributed by atoms with E-state index in [2.05, 4.69) is 15.0 Å². The third-order valence-electron chi connectivity index (χ3n) is 4.77. The SMILES string of the molecule is O=c1[nH]c(-c2cccnc2)nc2c1CN(Cc1cccc([N+](=O)[O-])c1O)CC2. The zero-order chi connectivity index (χ0) is 19.7. The summed E-state index contributed by atoms with van der Waals surface area (Å²) in [6, 6.07) is 8.06. The van der Waals surface area contributed by atoms with Crippen LogP contribution in [0.4, 0.5) is 5.69 Å². The van der Waals surface area contributed by atoms with Gasteiger partial charge in [0.2, 0.25) is 0 Å². The van der Waals surface area contributed by atoms with E-state index in [9.17, 15) is 20.0 Å². The van der Waals surface area contributed by atoms with E-state index in [1.165, 1.54) is 6.07 Å². The van der Waals surface area contributed by atoms with Gasteiger partial charge in [-0.1, -0.05) is 12.1 Å². The molecule has 0 amide bonds. The Morgan fingerprint density at radius 2 is 2.14 bits per heavy atom. The Labute approximate surface area is 159 Å². The molecule has 0 bridgehead atoms. The summed E-state index contributed by atoms with van der Waals surface area (Å²) in [7, 11) is 0. The van der Waals surface area contributed by atoms with Crippen LogP contribution in [0.1, 0.15) is 16.8 Å². The number of H-pyrrole nitrogens is 1. The molecule has 2 N–H and O–H groups in total. The number of benzene rings is 1. The Kier molecular flexibility index (Phi) is 4.58. The van der Waals surface area contributed by atoms with E-state index in [1.54, 1.807) is 30.6 Å². The number of nitrogens with zero attached hydrogens (tertiary/aromatic N) is 4. The van der Waals surface area contributed by atoms with E-state index in [0.717, 1.165) is 11.3 Å². The molecule has 0 atom stereocenters. The van der Waals surface area contributed by atoms with Crippen LogP contribution in [-0.4, -0.2) is 36.4 Å². The van der Waals surface area contributed by atoms with Gasteiger partial charge in [0.25, 0.3) is 5.56 Å². The van der Waals surface area contributed by atoms with Crippen molar-refractivity contribution in [2.75, 3.05) is 6.54 Å². The molecule has 4 rings (SSSR count). The molecule has 1 aliphatic rings. The Hall–Kier alpha value is -3.59. The maximum atomic E-state index is 12.6. The molecule has 0 saturated carbocycles. The molecule has 0 fully saturated rings. The fourth-order valence-corrected chi connectivity index (χ4v) is 3.35. The van der Waals surface area contributed by atoms with Crippen LogP contribution in [0.25, 0.3) is 11.4 Å². The predicted molar refractivity (Wildman–Crippen MR) is 101 cm³/mol. The number of para-hydroxylation sites is 1. The second-order valence-electron chi connectivity index (χ2n) is 6.58. The lowest BCUT2D eigenvalue weighted by molar-refractivity contribution is -0.385. The standard InChI is InChI=1S/C19H17N5O4/c25-17-13(3-1-5-16(17)24(27)28)10-23-8-6-15-14(11-23)19(26)22-18(21-15)12-4-2-7-20-9-12/h1-5,7,9,25H,6,8,10-11H2,(H,21,22,26). The summed E-state index contributed by atoms with van der Waals surface area (Å²) in [5.41, 5.74) is 1.97. The average molecular weight is 379 g/mol. The van der Waals surface area contributed by atoms with E-state index >= 15 is 0 Å². The molecule has 0 spiro atoms. The highest BCUT2D eigenvalue weighted by Gasteiger charge is 2.24. The maximum absolute atomic E-state index is 12.6. The van der Waals surface area contributed by atoms with Gasteiger partial charge in [0.05, 0.1) is 16.2 Å². The normalized spacial score (nSPS) is 13.9. The number of phenols is 1. The van der Waals surface area contributed by atoms with Crippen molar-refractivity contribution in [3.63, 3.8) is 0 Å². The van der Waals surface area contributed by atoms with Crippen LogP contribution in [0.2, 0.25) is 0 Å². The molecule has 0 aliphatic carbocycles. The van der Waals surface area contributed by atoms with Gasteiger partial charge in [0.1, 0.15) is 5.82 Å². The van der Waals surface area contributed by atoms with Crippen molar-refractivity contribution in [3.8, 4) is 17.1 Å².